The van der Waals surface area contributed by atoms with Crippen molar-refractivity contribution in [2.75, 3.05) is 0 Å². The summed E-state index contributed by atoms with van der Waals surface area (Å²) in [6, 6.07) is 13.0. The van der Waals surface area contributed by atoms with E-state index >= 15 is 0 Å². The van der Waals surface area contributed by atoms with Crippen molar-refractivity contribution in [3.8, 4) is 0 Å². The number of aromatic nitrogens is 3. The van der Waals surface area contributed by atoms with Crippen LogP contribution in [0.1, 0.15) is 39.8 Å². The van der Waals surface area contributed by atoms with Gasteiger partial charge in [-0.1, -0.05) is 36.4 Å². The van der Waals surface area contributed by atoms with Gasteiger partial charge in [0.15, 0.2) is 0 Å². The number of aromatic amines is 1. The van der Waals surface area contributed by atoms with E-state index in [0.717, 1.165) is 33.8 Å². The Labute approximate surface area is 159 Å². The van der Waals surface area contributed by atoms with Crippen LogP contribution in [-0.2, 0) is 17.9 Å². The highest BCUT2D eigenvalue weighted by molar-refractivity contribution is 5.83. The van der Waals surface area contributed by atoms with Gasteiger partial charge in [-0.3, -0.25) is 14.9 Å². The number of carbonyl (C=O) groups is 1. The van der Waals surface area contributed by atoms with Crippen molar-refractivity contribution in [3.63, 3.8) is 0 Å². The molecular formula is C21H25N5O. The average Bonchev–Trinajstić information content (AvgIpc) is 3.01. The molecule has 0 spiro atoms. The van der Waals surface area contributed by atoms with E-state index < -0.39 is 6.04 Å². The summed E-state index contributed by atoms with van der Waals surface area (Å²) >= 11 is 0. The van der Waals surface area contributed by atoms with E-state index in [4.69, 9.17) is 5.73 Å². The second-order valence-corrected chi connectivity index (χ2v) is 6.77. The second kappa shape index (κ2) is 8.14. The molecule has 1 atom stereocenters. The van der Waals surface area contributed by atoms with Crippen LogP contribution >= 0.6 is 0 Å². The normalized spacial score (nSPS) is 12.0. The third-order valence-corrected chi connectivity index (χ3v) is 4.75. The zero-order chi connectivity index (χ0) is 19.4. The minimum atomic E-state index is -0.767. The summed E-state index contributed by atoms with van der Waals surface area (Å²) in [5, 5.41) is 7.08. The van der Waals surface area contributed by atoms with Gasteiger partial charge in [-0.05, 0) is 38.0 Å². The van der Waals surface area contributed by atoms with E-state index in [2.05, 4.69) is 15.2 Å². The zero-order valence-corrected chi connectivity index (χ0v) is 15.9. The van der Waals surface area contributed by atoms with Gasteiger partial charge in [-0.25, -0.2) is 0 Å². The van der Waals surface area contributed by atoms with E-state index in [1.165, 1.54) is 0 Å². The summed E-state index contributed by atoms with van der Waals surface area (Å²) in [5.41, 5.74) is 11.7. The molecule has 6 nitrogen and oxygen atoms in total. The van der Waals surface area contributed by atoms with Crippen molar-refractivity contribution in [1.29, 1.82) is 0 Å². The fraction of sp³-hybridized carbons (Fsp3) is 0.286. The molecule has 3 rings (SSSR count). The molecule has 140 valence electrons. The first-order chi connectivity index (χ1) is 13.0. The van der Waals surface area contributed by atoms with Gasteiger partial charge in [0, 0.05) is 24.0 Å². The first-order valence-corrected chi connectivity index (χ1v) is 8.97. The van der Waals surface area contributed by atoms with Gasteiger partial charge < -0.3 is 10.6 Å². The zero-order valence-electron chi connectivity index (χ0n) is 15.9. The molecular weight excluding hydrogens is 338 g/mol. The monoisotopic (exact) mass is 363 g/mol. The van der Waals surface area contributed by atoms with Gasteiger partial charge >= 0.3 is 0 Å². The first kappa shape index (κ1) is 18.8. The highest BCUT2D eigenvalue weighted by Crippen LogP contribution is 2.22. The van der Waals surface area contributed by atoms with Gasteiger partial charge in [0.1, 0.15) is 6.04 Å². The Kier molecular flexibility index (Phi) is 5.66. The number of nitrogens with zero attached hydrogens (tertiary/aromatic N) is 3. The number of aryl methyl sites for hydroxylation is 3. The Morgan fingerprint density at radius 1 is 1.11 bits per heavy atom. The van der Waals surface area contributed by atoms with E-state index in [0.29, 0.717) is 13.1 Å². The highest BCUT2D eigenvalue weighted by atomic mass is 16.2. The van der Waals surface area contributed by atoms with Crippen LogP contribution in [0.2, 0.25) is 0 Å². The Morgan fingerprint density at radius 2 is 1.85 bits per heavy atom. The van der Waals surface area contributed by atoms with Crippen LogP contribution in [0.25, 0.3) is 0 Å². The van der Waals surface area contributed by atoms with Crippen LogP contribution in [0.15, 0.2) is 48.7 Å². The Bertz CT molecular complexity index is 900. The van der Waals surface area contributed by atoms with Crippen LogP contribution < -0.4 is 5.73 Å². The molecule has 0 unspecified atom stereocenters. The molecule has 27 heavy (non-hydrogen) atoms. The van der Waals surface area contributed by atoms with E-state index in [1.807, 2.05) is 63.2 Å². The molecule has 3 N–H and O–H groups in total. The lowest BCUT2D eigenvalue weighted by Gasteiger charge is -2.26. The maximum Gasteiger partial charge on any atom is 0.244 e. The SMILES string of the molecule is Cc1cccnc1CN(Cc1ccccc1)C(=O)[C@@H](N)c1c(C)n[nH]c1C. The molecule has 2 heterocycles. The molecule has 0 aliphatic carbocycles. The summed E-state index contributed by atoms with van der Waals surface area (Å²) in [5.74, 6) is -0.142. The van der Waals surface area contributed by atoms with Gasteiger partial charge in [0.2, 0.25) is 5.91 Å². The van der Waals surface area contributed by atoms with Gasteiger partial charge in [0.25, 0.3) is 0 Å². The van der Waals surface area contributed by atoms with Gasteiger partial charge in [-0.2, -0.15) is 5.10 Å². The molecule has 0 fully saturated rings. The van der Waals surface area contributed by atoms with Gasteiger partial charge in [-0.15, -0.1) is 0 Å². The third-order valence-electron chi connectivity index (χ3n) is 4.75. The standard InChI is InChI=1S/C21H25N5O/c1-14-8-7-11-23-18(14)13-26(12-17-9-5-4-6-10-17)21(27)20(22)19-15(2)24-25-16(19)3/h4-11,20H,12-13,22H2,1-3H3,(H,24,25)/t20-/m0/s1. The minimum Gasteiger partial charge on any atom is -0.331 e. The van der Waals surface area contributed by atoms with Crippen LogP contribution in [0.5, 0.6) is 0 Å². The summed E-state index contributed by atoms with van der Waals surface area (Å²) in [7, 11) is 0. The van der Waals surface area contributed by atoms with E-state index in [-0.39, 0.29) is 5.91 Å². The number of nitrogens with one attached hydrogen (secondary N) is 1. The van der Waals surface area contributed by atoms with Crippen molar-refractivity contribution >= 4 is 5.91 Å². The number of carbonyl (C=O) groups excluding carboxylic acids is 1. The van der Waals surface area contributed by atoms with E-state index in [9.17, 15) is 4.79 Å². The Hall–Kier alpha value is -2.99. The quantitative estimate of drug-likeness (QED) is 0.705. The molecule has 0 saturated carbocycles. The number of rotatable bonds is 6. The first-order valence-electron chi connectivity index (χ1n) is 8.97. The molecule has 1 amide bonds. The van der Waals surface area contributed by atoms with Crippen LogP contribution in [-0.4, -0.2) is 26.0 Å². The highest BCUT2D eigenvalue weighted by Gasteiger charge is 2.27. The minimum absolute atomic E-state index is 0.142. The lowest BCUT2D eigenvalue weighted by Crippen LogP contribution is -2.38. The summed E-state index contributed by atoms with van der Waals surface area (Å²) in [6.07, 6.45) is 1.75. The molecule has 0 aliphatic heterocycles. The van der Waals surface area contributed by atoms with Crippen molar-refractivity contribution in [2.45, 2.75) is 39.9 Å². The predicted molar refractivity (Wildman–Crippen MR) is 105 cm³/mol. The molecule has 0 saturated heterocycles. The van der Waals surface area contributed by atoms with Crippen molar-refractivity contribution in [2.24, 2.45) is 5.73 Å². The summed E-state index contributed by atoms with van der Waals surface area (Å²) in [4.78, 5) is 19.5. The maximum atomic E-state index is 13.3. The second-order valence-electron chi connectivity index (χ2n) is 6.77. The lowest BCUT2D eigenvalue weighted by atomic mass is 10.0. The third kappa shape index (κ3) is 4.23. The molecule has 0 radical (unpaired) electrons. The Morgan fingerprint density at radius 3 is 2.48 bits per heavy atom. The van der Waals surface area contributed by atoms with Crippen molar-refractivity contribution in [3.05, 3.63) is 82.4 Å². The number of benzene rings is 1. The molecule has 3 aromatic rings. The Balaban J connectivity index is 1.90. The average molecular weight is 363 g/mol. The molecule has 0 bridgehead atoms. The van der Waals surface area contributed by atoms with E-state index in [1.54, 1.807) is 11.1 Å². The number of H-pyrrole nitrogens is 1. The van der Waals surface area contributed by atoms with Crippen molar-refractivity contribution < 1.29 is 4.79 Å². The summed E-state index contributed by atoms with van der Waals surface area (Å²) < 4.78 is 0. The topological polar surface area (TPSA) is 87.9 Å². The number of hydrogen-bond acceptors (Lipinski definition) is 4. The molecule has 1 aromatic carbocycles. The molecule has 0 aliphatic rings. The fourth-order valence-corrected chi connectivity index (χ4v) is 3.22. The lowest BCUT2D eigenvalue weighted by molar-refractivity contribution is -0.134. The fourth-order valence-electron chi connectivity index (χ4n) is 3.22. The van der Waals surface area contributed by atoms with Gasteiger partial charge in [0.05, 0.1) is 17.9 Å². The molecule has 2 aromatic heterocycles. The number of nitrogens with two attached hydrogens (primary N) is 1. The summed E-state index contributed by atoms with van der Waals surface area (Å²) in [6.45, 7) is 6.62. The number of amides is 1. The van der Waals surface area contributed by atoms with Crippen LogP contribution in [0.3, 0.4) is 0 Å². The molecule has 6 heteroatoms. The maximum absolute atomic E-state index is 13.3. The predicted octanol–water partition coefficient (Wildman–Crippen LogP) is 2.96. The van der Waals surface area contributed by atoms with Crippen LogP contribution in [0.4, 0.5) is 0 Å². The van der Waals surface area contributed by atoms with Crippen molar-refractivity contribution in [1.82, 2.24) is 20.1 Å². The number of pyridine rings is 1. The largest absolute Gasteiger partial charge is 0.331 e. The number of hydrogen-bond donors (Lipinski definition) is 2. The smallest absolute Gasteiger partial charge is 0.244 e. The van der Waals surface area contributed by atoms with Crippen LogP contribution in [0, 0.1) is 20.8 Å².